The van der Waals surface area contributed by atoms with E-state index in [9.17, 15) is 9.59 Å². The molecule has 1 aromatic rings. The summed E-state index contributed by atoms with van der Waals surface area (Å²) < 4.78 is 5.43. The van der Waals surface area contributed by atoms with E-state index in [1.165, 1.54) is 12.3 Å². The first-order valence-electron chi connectivity index (χ1n) is 5.19. The Morgan fingerprint density at radius 3 is 2.53 bits per heavy atom. The minimum atomic E-state index is -1.53. The summed E-state index contributed by atoms with van der Waals surface area (Å²) in [4.78, 5) is 27.2. The molecule has 0 unspecified atom stereocenters. The number of ether oxygens (including phenoxy) is 1. The molecule has 1 N–H and O–H groups in total. The zero-order chi connectivity index (χ0) is 14.8. The highest BCUT2D eigenvalue weighted by atomic mass is 79.9. The summed E-state index contributed by atoms with van der Waals surface area (Å²) in [6.07, 6.45) is -1.26. The van der Waals surface area contributed by atoms with Crippen LogP contribution in [-0.4, -0.2) is 27.9 Å². The molecule has 1 rings (SSSR count). The van der Waals surface area contributed by atoms with Gasteiger partial charge in [-0.3, -0.25) is 0 Å². The molecule has 0 aliphatic carbocycles. The minimum Gasteiger partial charge on any atom is -0.464 e. The van der Waals surface area contributed by atoms with Gasteiger partial charge in [0.25, 0.3) is 0 Å². The summed E-state index contributed by atoms with van der Waals surface area (Å²) in [5, 5.41) is 9.13. The van der Waals surface area contributed by atoms with Crippen LogP contribution in [0.2, 0.25) is 5.02 Å². The molecule has 0 aromatic carbocycles. The fourth-order valence-electron chi connectivity index (χ4n) is 1.13. The summed E-state index contributed by atoms with van der Waals surface area (Å²) in [5.41, 5.74) is -0.830. The number of anilines is 1. The average molecular weight is 352 g/mol. The minimum absolute atomic E-state index is 0.00996. The Labute approximate surface area is 123 Å². The molecule has 0 radical (unpaired) electrons. The van der Waals surface area contributed by atoms with Crippen LogP contribution >= 0.6 is 27.5 Å². The van der Waals surface area contributed by atoms with Crippen LogP contribution in [0.5, 0.6) is 0 Å². The second-order valence-corrected chi connectivity index (χ2v) is 5.76. The van der Waals surface area contributed by atoms with Gasteiger partial charge < -0.3 is 9.84 Å². The SMILES string of the molecule is CC(C)(C)OC(=O)N(C(=O)O)c1nccc(Br)c1Cl. The number of hydrogen-bond donors (Lipinski definition) is 1. The van der Waals surface area contributed by atoms with Crippen molar-refractivity contribution in [2.75, 3.05) is 4.90 Å². The van der Waals surface area contributed by atoms with Gasteiger partial charge in [-0.2, -0.15) is 4.90 Å². The number of pyridine rings is 1. The van der Waals surface area contributed by atoms with E-state index in [1.54, 1.807) is 20.8 Å². The lowest BCUT2D eigenvalue weighted by atomic mass is 10.2. The lowest BCUT2D eigenvalue weighted by Gasteiger charge is -2.24. The van der Waals surface area contributed by atoms with E-state index < -0.39 is 17.8 Å². The van der Waals surface area contributed by atoms with Crippen molar-refractivity contribution in [1.82, 2.24) is 4.98 Å². The molecule has 8 heteroatoms. The Bertz CT molecular complexity index is 516. The van der Waals surface area contributed by atoms with Crippen LogP contribution in [-0.2, 0) is 4.74 Å². The Morgan fingerprint density at radius 1 is 1.47 bits per heavy atom. The molecule has 19 heavy (non-hydrogen) atoms. The molecule has 0 atom stereocenters. The summed E-state index contributed by atoms with van der Waals surface area (Å²) >= 11 is 9.06. The van der Waals surface area contributed by atoms with Crippen molar-refractivity contribution >= 4 is 45.5 Å². The van der Waals surface area contributed by atoms with Crippen LogP contribution in [0, 0.1) is 0 Å². The molecule has 0 aliphatic heterocycles. The first-order valence-corrected chi connectivity index (χ1v) is 6.36. The third-order valence-electron chi connectivity index (χ3n) is 1.80. The molecular weight excluding hydrogens is 339 g/mol. The second-order valence-electron chi connectivity index (χ2n) is 4.53. The third kappa shape index (κ3) is 4.07. The highest BCUT2D eigenvalue weighted by molar-refractivity contribution is 9.10. The van der Waals surface area contributed by atoms with Gasteiger partial charge in [-0.1, -0.05) is 11.6 Å². The van der Waals surface area contributed by atoms with Gasteiger partial charge in [0.2, 0.25) is 0 Å². The maximum Gasteiger partial charge on any atom is 0.425 e. The fourth-order valence-corrected chi connectivity index (χ4v) is 1.62. The van der Waals surface area contributed by atoms with Crippen LogP contribution in [0.1, 0.15) is 20.8 Å². The van der Waals surface area contributed by atoms with Gasteiger partial charge in [-0.15, -0.1) is 0 Å². The van der Waals surface area contributed by atoms with E-state index in [2.05, 4.69) is 20.9 Å². The molecule has 0 saturated carbocycles. The zero-order valence-corrected chi connectivity index (χ0v) is 12.8. The van der Waals surface area contributed by atoms with Crippen molar-refractivity contribution in [3.8, 4) is 0 Å². The number of carboxylic acid groups (broad SMARTS) is 1. The number of rotatable bonds is 1. The van der Waals surface area contributed by atoms with Gasteiger partial charge in [0.1, 0.15) is 5.60 Å². The lowest BCUT2D eigenvalue weighted by molar-refractivity contribution is 0.0581. The number of halogens is 2. The van der Waals surface area contributed by atoms with Crippen molar-refractivity contribution < 1.29 is 19.4 Å². The zero-order valence-electron chi connectivity index (χ0n) is 10.5. The average Bonchev–Trinajstić information content (AvgIpc) is 2.21. The van der Waals surface area contributed by atoms with Gasteiger partial charge in [-0.05, 0) is 42.8 Å². The number of amides is 2. The quantitative estimate of drug-likeness (QED) is 0.829. The van der Waals surface area contributed by atoms with Crippen LogP contribution < -0.4 is 4.90 Å². The highest BCUT2D eigenvalue weighted by Gasteiger charge is 2.31. The van der Waals surface area contributed by atoms with Crippen molar-refractivity contribution in [2.24, 2.45) is 0 Å². The molecule has 0 aliphatic rings. The third-order valence-corrected chi connectivity index (χ3v) is 3.06. The Balaban J connectivity index is 3.18. The molecule has 2 amide bonds. The molecule has 0 spiro atoms. The van der Waals surface area contributed by atoms with Gasteiger partial charge in [0, 0.05) is 10.7 Å². The number of aromatic nitrogens is 1. The Morgan fingerprint density at radius 2 is 2.05 bits per heavy atom. The normalized spacial score (nSPS) is 11.0. The number of imide groups is 1. The van der Waals surface area contributed by atoms with Gasteiger partial charge in [0.15, 0.2) is 5.82 Å². The summed E-state index contributed by atoms with van der Waals surface area (Å²) in [6.45, 7) is 4.88. The second kappa shape index (κ2) is 5.75. The maximum atomic E-state index is 11.9. The fraction of sp³-hybridized carbons (Fsp3) is 0.364. The predicted molar refractivity (Wildman–Crippen MR) is 73.7 cm³/mol. The van der Waals surface area contributed by atoms with Crippen LogP contribution in [0.4, 0.5) is 15.4 Å². The van der Waals surface area contributed by atoms with Crippen molar-refractivity contribution in [1.29, 1.82) is 0 Å². The van der Waals surface area contributed by atoms with Crippen molar-refractivity contribution in [3.63, 3.8) is 0 Å². The van der Waals surface area contributed by atoms with Gasteiger partial charge >= 0.3 is 12.2 Å². The van der Waals surface area contributed by atoms with E-state index in [1.807, 2.05) is 0 Å². The molecule has 1 aromatic heterocycles. The largest absolute Gasteiger partial charge is 0.464 e. The predicted octanol–water partition coefficient (Wildman–Crippen LogP) is 3.92. The van der Waals surface area contributed by atoms with Crippen LogP contribution in [0.25, 0.3) is 0 Å². The van der Waals surface area contributed by atoms with E-state index in [-0.39, 0.29) is 10.8 Å². The first kappa shape index (κ1) is 15.7. The standard InChI is InChI=1S/C11H12BrClN2O4/c1-11(2,3)19-10(18)15(9(16)17)8-7(13)6(12)4-5-14-8/h4-5H,1-3H3,(H,16,17). The molecular formula is C11H12BrClN2O4. The lowest BCUT2D eigenvalue weighted by Crippen LogP contribution is -2.40. The van der Waals surface area contributed by atoms with E-state index in [0.29, 0.717) is 9.37 Å². The van der Waals surface area contributed by atoms with Gasteiger partial charge in [0.05, 0.1) is 5.02 Å². The van der Waals surface area contributed by atoms with Crippen molar-refractivity contribution in [3.05, 3.63) is 21.8 Å². The maximum absolute atomic E-state index is 11.9. The monoisotopic (exact) mass is 350 g/mol. The highest BCUT2D eigenvalue weighted by Crippen LogP contribution is 2.31. The smallest absolute Gasteiger partial charge is 0.425 e. The Hall–Kier alpha value is -1.34. The van der Waals surface area contributed by atoms with Crippen molar-refractivity contribution in [2.45, 2.75) is 26.4 Å². The van der Waals surface area contributed by atoms with E-state index in [4.69, 9.17) is 21.4 Å². The summed E-state index contributed by atoms with van der Waals surface area (Å²) in [6, 6.07) is 1.53. The molecule has 0 fully saturated rings. The number of nitrogens with zero attached hydrogens (tertiary/aromatic N) is 2. The molecule has 0 bridgehead atoms. The topological polar surface area (TPSA) is 79.7 Å². The number of carbonyl (C=O) groups is 2. The molecule has 6 nitrogen and oxygen atoms in total. The Kier molecular flexibility index (Phi) is 4.75. The number of carbonyl (C=O) groups excluding carboxylic acids is 1. The van der Waals surface area contributed by atoms with Gasteiger partial charge in [-0.25, -0.2) is 14.6 Å². The molecule has 0 saturated heterocycles. The molecule has 104 valence electrons. The van der Waals surface area contributed by atoms with E-state index >= 15 is 0 Å². The summed E-state index contributed by atoms with van der Waals surface area (Å²) in [5.74, 6) is -0.210. The number of hydrogen-bond acceptors (Lipinski definition) is 4. The summed E-state index contributed by atoms with van der Waals surface area (Å²) in [7, 11) is 0. The van der Waals surface area contributed by atoms with Crippen LogP contribution in [0.15, 0.2) is 16.7 Å². The first-order chi connectivity index (χ1) is 8.63. The van der Waals surface area contributed by atoms with Crippen LogP contribution in [0.3, 0.4) is 0 Å². The molecule has 1 heterocycles. The van der Waals surface area contributed by atoms with E-state index in [0.717, 1.165) is 0 Å².